The molecule has 0 bridgehead atoms. The lowest BCUT2D eigenvalue weighted by Crippen LogP contribution is -2.40. The zero-order valence-electron chi connectivity index (χ0n) is 19.5. The lowest BCUT2D eigenvalue weighted by molar-refractivity contribution is -0.145. The van der Waals surface area contributed by atoms with E-state index in [2.05, 4.69) is 10.3 Å². The van der Waals surface area contributed by atoms with E-state index in [1.165, 1.54) is 4.31 Å². The highest BCUT2D eigenvalue weighted by atomic mass is 32.2. The van der Waals surface area contributed by atoms with Crippen molar-refractivity contribution < 1.29 is 27.5 Å². The molecule has 186 valence electrons. The third-order valence-electron chi connectivity index (χ3n) is 6.47. The van der Waals surface area contributed by atoms with Gasteiger partial charge in [0.2, 0.25) is 15.9 Å². The standard InChI is InChI=1S/C23H32N4O6S/c1-2-27-20-9-8-18(34(30,31)26-10-12-32-13-11-26)14-19(20)25-21(27)16-33-22(28)15-24-23(29)17-6-4-3-5-7-17/h8-9,14,17H,2-7,10-13,15-16H2,1H3,(H,24,29). The van der Waals surface area contributed by atoms with Gasteiger partial charge in [0.15, 0.2) is 0 Å². The number of carbonyl (C=O) groups excluding carboxylic acids is 2. The molecule has 0 radical (unpaired) electrons. The van der Waals surface area contributed by atoms with Crippen molar-refractivity contribution in [2.75, 3.05) is 32.8 Å². The van der Waals surface area contributed by atoms with E-state index in [0.717, 1.165) is 37.6 Å². The molecular formula is C23H32N4O6S. The van der Waals surface area contributed by atoms with E-state index in [-0.39, 0.29) is 29.9 Å². The molecule has 1 aromatic heterocycles. The lowest BCUT2D eigenvalue weighted by Gasteiger charge is -2.26. The number of sulfonamides is 1. The van der Waals surface area contributed by atoms with Gasteiger partial charge in [0, 0.05) is 25.6 Å². The van der Waals surface area contributed by atoms with Crippen LogP contribution in [0.4, 0.5) is 0 Å². The van der Waals surface area contributed by atoms with Crippen LogP contribution in [0, 0.1) is 5.92 Å². The first-order chi connectivity index (χ1) is 16.4. The number of esters is 1. The Morgan fingerprint density at radius 2 is 1.91 bits per heavy atom. The highest BCUT2D eigenvalue weighted by Crippen LogP contribution is 2.25. The van der Waals surface area contributed by atoms with Gasteiger partial charge < -0.3 is 19.4 Å². The summed E-state index contributed by atoms with van der Waals surface area (Å²) in [5.41, 5.74) is 1.29. The fourth-order valence-electron chi connectivity index (χ4n) is 4.58. The molecule has 2 aliphatic rings. The first kappa shape index (κ1) is 24.6. The van der Waals surface area contributed by atoms with Gasteiger partial charge in [0.1, 0.15) is 19.0 Å². The number of morpholine rings is 1. The summed E-state index contributed by atoms with van der Waals surface area (Å²) in [6.07, 6.45) is 4.98. The molecule has 0 unspecified atom stereocenters. The number of nitrogens with one attached hydrogen (secondary N) is 1. The molecule has 1 aliphatic carbocycles. The molecule has 1 amide bonds. The average molecular weight is 493 g/mol. The number of nitrogens with zero attached hydrogens (tertiary/aromatic N) is 3. The van der Waals surface area contributed by atoms with Gasteiger partial charge in [-0.15, -0.1) is 0 Å². The van der Waals surface area contributed by atoms with E-state index < -0.39 is 16.0 Å². The number of ether oxygens (including phenoxy) is 2. The van der Waals surface area contributed by atoms with Crippen LogP contribution in [0.5, 0.6) is 0 Å². The number of benzene rings is 1. The summed E-state index contributed by atoms with van der Waals surface area (Å²) in [4.78, 5) is 29.1. The summed E-state index contributed by atoms with van der Waals surface area (Å²) in [5, 5.41) is 2.68. The van der Waals surface area contributed by atoms with Gasteiger partial charge in [-0.3, -0.25) is 9.59 Å². The summed E-state index contributed by atoms with van der Waals surface area (Å²) >= 11 is 0. The monoisotopic (exact) mass is 492 g/mol. The Hall–Kier alpha value is -2.50. The maximum absolute atomic E-state index is 13.0. The minimum Gasteiger partial charge on any atom is -0.456 e. The van der Waals surface area contributed by atoms with Crippen molar-refractivity contribution in [3.05, 3.63) is 24.0 Å². The van der Waals surface area contributed by atoms with E-state index in [4.69, 9.17) is 9.47 Å². The highest BCUT2D eigenvalue weighted by Gasteiger charge is 2.27. The molecule has 1 saturated carbocycles. The van der Waals surface area contributed by atoms with Gasteiger partial charge in [0.25, 0.3) is 0 Å². The Balaban J connectivity index is 1.41. The fourth-order valence-corrected chi connectivity index (χ4v) is 6.01. The second-order valence-corrected chi connectivity index (χ2v) is 10.6. The molecule has 11 heteroatoms. The van der Waals surface area contributed by atoms with Crippen LogP contribution in [0.3, 0.4) is 0 Å². The second-order valence-electron chi connectivity index (χ2n) is 8.65. The van der Waals surface area contributed by atoms with Crippen molar-refractivity contribution >= 4 is 32.9 Å². The summed E-state index contributed by atoms with van der Waals surface area (Å²) in [5.74, 6) is -0.125. The van der Waals surface area contributed by atoms with Crippen molar-refractivity contribution in [3.63, 3.8) is 0 Å². The van der Waals surface area contributed by atoms with Crippen molar-refractivity contribution in [1.82, 2.24) is 19.2 Å². The fraction of sp³-hybridized carbons (Fsp3) is 0.609. The first-order valence-electron chi connectivity index (χ1n) is 11.9. The summed E-state index contributed by atoms with van der Waals surface area (Å²) in [6.45, 7) is 3.68. The molecule has 1 N–H and O–H groups in total. The number of hydrogen-bond acceptors (Lipinski definition) is 7. The van der Waals surface area contributed by atoms with E-state index in [9.17, 15) is 18.0 Å². The molecule has 1 aliphatic heterocycles. The third-order valence-corrected chi connectivity index (χ3v) is 8.36. The number of imidazole rings is 1. The van der Waals surface area contributed by atoms with E-state index >= 15 is 0 Å². The molecule has 1 aromatic carbocycles. The van der Waals surface area contributed by atoms with Crippen LogP contribution in [0.2, 0.25) is 0 Å². The number of carbonyl (C=O) groups is 2. The smallest absolute Gasteiger partial charge is 0.325 e. The third kappa shape index (κ3) is 5.42. The molecule has 1 saturated heterocycles. The van der Waals surface area contributed by atoms with E-state index in [1.54, 1.807) is 18.2 Å². The summed E-state index contributed by atoms with van der Waals surface area (Å²) in [6, 6.07) is 4.87. The zero-order valence-corrected chi connectivity index (χ0v) is 20.3. The van der Waals surface area contributed by atoms with Crippen LogP contribution >= 0.6 is 0 Å². The normalized spacial score (nSPS) is 18.1. The molecule has 0 atom stereocenters. The molecule has 34 heavy (non-hydrogen) atoms. The van der Waals surface area contributed by atoms with Crippen LogP contribution in [-0.2, 0) is 42.2 Å². The Morgan fingerprint density at radius 1 is 1.18 bits per heavy atom. The van der Waals surface area contributed by atoms with E-state index in [0.29, 0.717) is 44.2 Å². The number of aromatic nitrogens is 2. The zero-order chi connectivity index (χ0) is 24.1. The van der Waals surface area contributed by atoms with Gasteiger partial charge in [-0.1, -0.05) is 19.3 Å². The van der Waals surface area contributed by atoms with E-state index in [1.807, 2.05) is 11.5 Å². The minimum absolute atomic E-state index is 0.0197. The van der Waals surface area contributed by atoms with Gasteiger partial charge >= 0.3 is 5.97 Å². The number of amides is 1. The highest BCUT2D eigenvalue weighted by molar-refractivity contribution is 7.89. The van der Waals surface area contributed by atoms with Crippen molar-refractivity contribution in [2.24, 2.45) is 5.92 Å². The van der Waals surface area contributed by atoms with Gasteiger partial charge in [0.05, 0.1) is 29.1 Å². The number of aryl methyl sites for hydroxylation is 1. The summed E-state index contributed by atoms with van der Waals surface area (Å²) in [7, 11) is -3.64. The number of fused-ring (bicyclic) bond motifs is 1. The predicted octanol–water partition coefficient (Wildman–Crippen LogP) is 1.82. The Kier molecular flexibility index (Phi) is 7.84. The molecule has 2 heterocycles. The van der Waals surface area contributed by atoms with Crippen molar-refractivity contribution in [2.45, 2.75) is 57.1 Å². The molecule has 2 fully saturated rings. The average Bonchev–Trinajstić information content (AvgIpc) is 3.23. The van der Waals surface area contributed by atoms with Gasteiger partial charge in [-0.25, -0.2) is 13.4 Å². The van der Waals surface area contributed by atoms with Crippen LogP contribution in [-0.4, -0.2) is 67.0 Å². The number of rotatable bonds is 8. The topological polar surface area (TPSA) is 120 Å². The van der Waals surface area contributed by atoms with Gasteiger partial charge in [-0.2, -0.15) is 4.31 Å². The predicted molar refractivity (Wildman–Crippen MR) is 124 cm³/mol. The van der Waals surface area contributed by atoms with Crippen LogP contribution < -0.4 is 5.32 Å². The van der Waals surface area contributed by atoms with Crippen molar-refractivity contribution in [3.8, 4) is 0 Å². The Bertz CT molecular complexity index is 1130. The quantitative estimate of drug-likeness (QED) is 0.558. The van der Waals surface area contributed by atoms with Crippen molar-refractivity contribution in [1.29, 1.82) is 0 Å². The van der Waals surface area contributed by atoms with Crippen LogP contribution in [0.25, 0.3) is 11.0 Å². The maximum Gasteiger partial charge on any atom is 0.325 e. The van der Waals surface area contributed by atoms with Crippen LogP contribution in [0.15, 0.2) is 23.1 Å². The molecular weight excluding hydrogens is 460 g/mol. The molecule has 4 rings (SSSR count). The lowest BCUT2D eigenvalue weighted by atomic mass is 9.89. The molecule has 2 aromatic rings. The van der Waals surface area contributed by atoms with Crippen LogP contribution in [0.1, 0.15) is 44.9 Å². The second kappa shape index (κ2) is 10.8. The first-order valence-corrected chi connectivity index (χ1v) is 13.3. The largest absolute Gasteiger partial charge is 0.456 e. The maximum atomic E-state index is 13.0. The number of hydrogen-bond donors (Lipinski definition) is 1. The Morgan fingerprint density at radius 3 is 2.62 bits per heavy atom. The molecule has 0 spiro atoms. The minimum atomic E-state index is -3.64. The SMILES string of the molecule is CCn1c(COC(=O)CNC(=O)C2CCCCC2)nc2cc(S(=O)(=O)N3CCOCC3)ccc21. The Labute approximate surface area is 199 Å². The summed E-state index contributed by atoms with van der Waals surface area (Å²) < 4.78 is 39.9. The van der Waals surface area contributed by atoms with Gasteiger partial charge in [-0.05, 0) is 38.0 Å². The molecule has 10 nitrogen and oxygen atoms in total.